The van der Waals surface area contributed by atoms with Crippen LogP contribution in [0.1, 0.15) is 74.8 Å². The summed E-state index contributed by atoms with van der Waals surface area (Å²) in [6.07, 6.45) is 8.54. The van der Waals surface area contributed by atoms with Crippen LogP contribution < -0.4 is 4.90 Å². The number of carbonyl (C=O) groups is 1. The van der Waals surface area contributed by atoms with Crippen molar-refractivity contribution < 1.29 is 42.6 Å². The maximum atomic E-state index is 12.4. The van der Waals surface area contributed by atoms with Gasteiger partial charge in [-0.2, -0.15) is 6.07 Å². The zero-order valence-corrected chi connectivity index (χ0v) is 20.4. The molecule has 1 radical (unpaired) electrons. The van der Waals surface area contributed by atoms with Crippen molar-refractivity contribution in [2.24, 2.45) is 0 Å². The van der Waals surface area contributed by atoms with Gasteiger partial charge in [0.15, 0.2) is 0 Å². The van der Waals surface area contributed by atoms with Gasteiger partial charge in [-0.1, -0.05) is 51.2 Å². The van der Waals surface area contributed by atoms with Gasteiger partial charge in [-0.15, -0.1) is 10.3 Å². The normalized spacial score (nSPS) is 17.6. The summed E-state index contributed by atoms with van der Waals surface area (Å²) < 4.78 is 0. The topological polar surface area (TPSA) is 40.5 Å². The Morgan fingerprint density at radius 2 is 2.00 bits per heavy atom. The van der Waals surface area contributed by atoms with E-state index >= 15 is 0 Å². The minimum absolute atomic E-state index is 0. The van der Waals surface area contributed by atoms with E-state index in [1.165, 1.54) is 4.88 Å². The van der Waals surface area contributed by atoms with Gasteiger partial charge in [0, 0.05) is 50.9 Å². The van der Waals surface area contributed by atoms with Gasteiger partial charge >= 0.3 is 0 Å². The smallest absolute Gasteiger partial charge is 0.227 e. The first-order valence-electron chi connectivity index (χ1n) is 10.2. The molecule has 28 heavy (non-hydrogen) atoms. The molecule has 1 fully saturated rings. The monoisotopic (exact) mass is 473 g/mol. The van der Waals surface area contributed by atoms with E-state index in [9.17, 15) is 9.90 Å². The number of thiophene rings is 1. The summed E-state index contributed by atoms with van der Waals surface area (Å²) in [6.45, 7) is 2.17. The molecule has 3 rings (SSSR count). The standard InChI is InChI=1S/C23H30NO2S.Y/c1-2-3-4-10-22(25)18-11-13-20(14-12-18)24-19(15-16-23(24)26)7-5-8-21-9-6-17-27-21;/h6,9,11-14,19,22,25H,2-5,7-8,10,15-16H2,1H3;/q-1;/t19-,22-;/m0./s1. The number of nitrogens with zero attached hydrogens (tertiary/aromatic N) is 1. The van der Waals surface area contributed by atoms with E-state index in [0.29, 0.717) is 12.5 Å². The van der Waals surface area contributed by atoms with Crippen LogP contribution in [0.15, 0.2) is 36.4 Å². The first kappa shape index (κ1) is 23.7. The Kier molecular flexibility index (Phi) is 10.4. The van der Waals surface area contributed by atoms with Crippen LogP contribution in [0.25, 0.3) is 0 Å². The summed E-state index contributed by atoms with van der Waals surface area (Å²) >= 11 is 1.69. The van der Waals surface area contributed by atoms with Gasteiger partial charge in [-0.05, 0) is 37.0 Å². The number of benzene rings is 1. The van der Waals surface area contributed by atoms with Gasteiger partial charge in [-0.3, -0.25) is 4.79 Å². The van der Waals surface area contributed by atoms with Crippen molar-refractivity contribution in [3.05, 3.63) is 52.2 Å². The van der Waals surface area contributed by atoms with Crippen LogP contribution in [-0.2, 0) is 43.9 Å². The molecule has 0 spiro atoms. The third-order valence-corrected chi connectivity index (χ3v) is 6.31. The third kappa shape index (κ3) is 6.48. The van der Waals surface area contributed by atoms with Crippen LogP contribution in [0.2, 0.25) is 0 Å². The molecule has 1 amide bonds. The molecule has 1 aromatic heterocycles. The predicted molar refractivity (Wildman–Crippen MR) is 112 cm³/mol. The van der Waals surface area contributed by atoms with Crippen molar-refractivity contribution >= 4 is 22.9 Å². The zero-order valence-electron chi connectivity index (χ0n) is 16.8. The van der Waals surface area contributed by atoms with Gasteiger partial charge in [0.2, 0.25) is 5.91 Å². The van der Waals surface area contributed by atoms with Crippen LogP contribution in [0, 0.1) is 5.38 Å². The first-order chi connectivity index (χ1) is 13.2. The summed E-state index contributed by atoms with van der Waals surface area (Å²) in [5.74, 6) is 0.223. The SMILES string of the molecule is CCCCC[C@H](O)c1ccc(N2C(=O)CC[C@@H]2CCCc2cc[c-]s2)cc1.[Y]. The second kappa shape index (κ2) is 12.2. The second-order valence-corrected chi connectivity index (χ2v) is 8.44. The molecular weight excluding hydrogens is 443 g/mol. The Hall–Kier alpha value is -0.546. The van der Waals surface area contributed by atoms with E-state index in [-0.39, 0.29) is 38.6 Å². The number of aryl methyl sites for hydroxylation is 1. The van der Waals surface area contributed by atoms with E-state index in [4.69, 9.17) is 0 Å². The van der Waals surface area contributed by atoms with E-state index in [2.05, 4.69) is 18.4 Å². The van der Waals surface area contributed by atoms with Crippen molar-refractivity contribution in [3.63, 3.8) is 0 Å². The Morgan fingerprint density at radius 3 is 2.68 bits per heavy atom. The molecule has 0 aliphatic carbocycles. The molecule has 2 atom stereocenters. The predicted octanol–water partition coefficient (Wildman–Crippen LogP) is 5.68. The quantitative estimate of drug-likeness (QED) is 0.357. The number of hydrogen-bond acceptors (Lipinski definition) is 3. The third-order valence-electron chi connectivity index (χ3n) is 5.45. The summed E-state index contributed by atoms with van der Waals surface area (Å²) in [7, 11) is 0. The number of carbonyl (C=O) groups excluding carboxylic acids is 1. The van der Waals surface area contributed by atoms with Crippen molar-refractivity contribution in [2.45, 2.75) is 76.9 Å². The number of rotatable bonds is 10. The minimum Gasteiger partial charge on any atom is -0.388 e. The first-order valence-corrected chi connectivity index (χ1v) is 11.1. The summed E-state index contributed by atoms with van der Waals surface area (Å²) in [5, 5.41) is 13.5. The van der Waals surface area contributed by atoms with Crippen LogP contribution >= 0.6 is 11.3 Å². The molecule has 0 unspecified atom stereocenters. The zero-order chi connectivity index (χ0) is 19.1. The molecule has 1 saturated heterocycles. The van der Waals surface area contributed by atoms with Gasteiger partial charge in [-0.25, -0.2) is 6.07 Å². The molecule has 0 saturated carbocycles. The second-order valence-electron chi connectivity index (χ2n) is 7.47. The van der Waals surface area contributed by atoms with Crippen molar-refractivity contribution in [1.29, 1.82) is 0 Å². The van der Waals surface area contributed by atoms with E-state index in [1.54, 1.807) is 11.3 Å². The van der Waals surface area contributed by atoms with E-state index in [0.717, 1.165) is 62.6 Å². The fraction of sp³-hybridized carbons (Fsp3) is 0.522. The van der Waals surface area contributed by atoms with Gasteiger partial charge in [0.25, 0.3) is 0 Å². The largest absolute Gasteiger partial charge is 0.388 e. The average molecular weight is 473 g/mol. The number of aliphatic hydroxyl groups excluding tert-OH is 1. The van der Waals surface area contributed by atoms with Gasteiger partial charge in [0.1, 0.15) is 0 Å². The van der Waals surface area contributed by atoms with Crippen LogP contribution in [0.4, 0.5) is 5.69 Å². The minimum atomic E-state index is -0.404. The van der Waals surface area contributed by atoms with E-state index in [1.807, 2.05) is 35.2 Å². The molecule has 1 N–H and O–H groups in total. The number of hydrogen-bond donors (Lipinski definition) is 1. The molecule has 2 heterocycles. The number of aliphatic hydroxyl groups is 1. The fourth-order valence-electron chi connectivity index (χ4n) is 3.90. The molecular formula is C23H30NO2SY-. The van der Waals surface area contributed by atoms with Gasteiger partial charge in [0.05, 0.1) is 6.10 Å². The number of anilines is 1. The molecule has 5 heteroatoms. The van der Waals surface area contributed by atoms with Gasteiger partial charge < -0.3 is 21.3 Å². The Bertz CT molecular complexity index is 702. The number of amides is 1. The summed E-state index contributed by atoms with van der Waals surface area (Å²) in [4.78, 5) is 15.8. The molecule has 1 aliphatic heterocycles. The summed E-state index contributed by atoms with van der Waals surface area (Å²) in [5.41, 5.74) is 1.92. The van der Waals surface area contributed by atoms with Crippen LogP contribution in [0.5, 0.6) is 0 Å². The molecule has 1 aromatic carbocycles. The maximum absolute atomic E-state index is 12.4. The maximum Gasteiger partial charge on any atom is 0.227 e. The molecule has 0 bridgehead atoms. The Morgan fingerprint density at radius 1 is 1.21 bits per heavy atom. The Balaban J connectivity index is 0.00000280. The molecule has 3 nitrogen and oxygen atoms in total. The fourth-order valence-corrected chi connectivity index (χ4v) is 4.57. The Labute approximate surface area is 198 Å². The van der Waals surface area contributed by atoms with Crippen molar-refractivity contribution in [1.82, 2.24) is 0 Å². The number of unbranched alkanes of at least 4 members (excludes halogenated alkanes) is 2. The van der Waals surface area contributed by atoms with E-state index < -0.39 is 6.10 Å². The average Bonchev–Trinajstić information content (AvgIpc) is 3.32. The molecule has 2 aromatic rings. The van der Waals surface area contributed by atoms with Crippen molar-refractivity contribution in [3.8, 4) is 0 Å². The van der Waals surface area contributed by atoms with Crippen LogP contribution in [0.3, 0.4) is 0 Å². The molecule has 1 aliphatic rings. The van der Waals surface area contributed by atoms with Crippen LogP contribution in [-0.4, -0.2) is 17.1 Å². The molecule has 149 valence electrons. The summed E-state index contributed by atoms with van der Waals surface area (Å²) in [6, 6.07) is 12.4. The van der Waals surface area contributed by atoms with Crippen molar-refractivity contribution in [2.75, 3.05) is 4.90 Å².